The van der Waals surface area contributed by atoms with Gasteiger partial charge in [0.25, 0.3) is 5.91 Å². The SMILES string of the molecule is Cc1cc(C(=O)N(C)C2CCC2)ccc1/C=C/C(=O)O. The summed E-state index contributed by atoms with van der Waals surface area (Å²) < 4.78 is 0. The van der Waals surface area contributed by atoms with Gasteiger partial charge in [0.05, 0.1) is 0 Å². The number of hydrogen-bond acceptors (Lipinski definition) is 2. The summed E-state index contributed by atoms with van der Waals surface area (Å²) in [5.74, 6) is -0.944. The van der Waals surface area contributed by atoms with Crippen molar-refractivity contribution in [1.82, 2.24) is 4.90 Å². The molecule has 1 aromatic carbocycles. The van der Waals surface area contributed by atoms with Gasteiger partial charge >= 0.3 is 5.97 Å². The number of benzene rings is 1. The van der Waals surface area contributed by atoms with E-state index in [1.165, 1.54) is 6.42 Å². The van der Waals surface area contributed by atoms with Crippen LogP contribution < -0.4 is 0 Å². The molecule has 106 valence electrons. The standard InChI is InChI=1S/C16H19NO3/c1-11-10-13(7-6-12(11)8-9-15(18)19)16(20)17(2)14-4-3-5-14/h6-10,14H,3-5H2,1-2H3,(H,18,19)/b9-8+. The molecule has 0 spiro atoms. The predicted octanol–water partition coefficient (Wildman–Crippen LogP) is 2.72. The van der Waals surface area contributed by atoms with E-state index < -0.39 is 5.97 Å². The van der Waals surface area contributed by atoms with Gasteiger partial charge in [-0.2, -0.15) is 0 Å². The molecular weight excluding hydrogens is 254 g/mol. The Balaban J connectivity index is 2.15. The summed E-state index contributed by atoms with van der Waals surface area (Å²) in [6.07, 6.45) is 6.01. The van der Waals surface area contributed by atoms with Gasteiger partial charge < -0.3 is 10.0 Å². The molecule has 1 aromatic rings. The van der Waals surface area contributed by atoms with Crippen LogP contribution in [0.25, 0.3) is 6.08 Å². The van der Waals surface area contributed by atoms with Gasteiger partial charge in [0, 0.05) is 24.7 Å². The number of carbonyl (C=O) groups is 2. The normalized spacial score (nSPS) is 15.1. The molecule has 0 aromatic heterocycles. The molecule has 1 amide bonds. The van der Waals surface area contributed by atoms with E-state index in [0.29, 0.717) is 11.6 Å². The van der Waals surface area contributed by atoms with Crippen molar-refractivity contribution in [3.63, 3.8) is 0 Å². The Morgan fingerprint density at radius 3 is 2.55 bits per heavy atom. The van der Waals surface area contributed by atoms with Crippen LogP contribution in [-0.4, -0.2) is 35.0 Å². The molecule has 0 saturated heterocycles. The fraction of sp³-hybridized carbons (Fsp3) is 0.375. The molecule has 0 bridgehead atoms. The van der Waals surface area contributed by atoms with Crippen LogP contribution in [0.5, 0.6) is 0 Å². The lowest BCUT2D eigenvalue weighted by Gasteiger charge is -2.34. The van der Waals surface area contributed by atoms with Crippen molar-refractivity contribution in [2.45, 2.75) is 32.2 Å². The lowest BCUT2D eigenvalue weighted by Crippen LogP contribution is -2.41. The fourth-order valence-corrected chi connectivity index (χ4v) is 2.30. The number of carboxylic acid groups (broad SMARTS) is 1. The molecule has 1 fully saturated rings. The summed E-state index contributed by atoms with van der Waals surface area (Å²) in [5.41, 5.74) is 2.37. The zero-order valence-electron chi connectivity index (χ0n) is 11.8. The average Bonchev–Trinajstić information content (AvgIpc) is 2.34. The van der Waals surface area contributed by atoms with E-state index in [0.717, 1.165) is 30.0 Å². The van der Waals surface area contributed by atoms with Gasteiger partial charge in [-0.1, -0.05) is 6.07 Å². The van der Waals surface area contributed by atoms with E-state index in [9.17, 15) is 9.59 Å². The third-order valence-electron chi connectivity index (χ3n) is 3.86. The molecule has 1 N–H and O–H groups in total. The first-order chi connectivity index (χ1) is 9.49. The molecule has 4 heteroatoms. The molecule has 0 radical (unpaired) electrons. The van der Waals surface area contributed by atoms with E-state index in [-0.39, 0.29) is 5.91 Å². The van der Waals surface area contributed by atoms with Gasteiger partial charge in [0.15, 0.2) is 0 Å². The molecule has 1 saturated carbocycles. The zero-order valence-corrected chi connectivity index (χ0v) is 11.8. The molecule has 1 aliphatic rings. The van der Waals surface area contributed by atoms with Crippen molar-refractivity contribution in [3.05, 3.63) is 41.0 Å². The zero-order chi connectivity index (χ0) is 14.7. The lowest BCUT2D eigenvalue weighted by molar-refractivity contribution is -0.131. The summed E-state index contributed by atoms with van der Waals surface area (Å²) in [5, 5.41) is 8.63. The predicted molar refractivity (Wildman–Crippen MR) is 77.6 cm³/mol. The molecule has 0 unspecified atom stereocenters. The van der Waals surface area contributed by atoms with Crippen LogP contribution in [0.15, 0.2) is 24.3 Å². The van der Waals surface area contributed by atoms with Crippen molar-refractivity contribution in [3.8, 4) is 0 Å². The average molecular weight is 273 g/mol. The molecule has 4 nitrogen and oxygen atoms in total. The minimum Gasteiger partial charge on any atom is -0.478 e. The smallest absolute Gasteiger partial charge is 0.328 e. The maximum Gasteiger partial charge on any atom is 0.328 e. The first kappa shape index (κ1) is 14.3. The Labute approximate surface area is 118 Å². The molecule has 1 aliphatic carbocycles. The lowest BCUT2D eigenvalue weighted by atomic mass is 9.91. The summed E-state index contributed by atoms with van der Waals surface area (Å²) in [6.45, 7) is 1.88. The van der Waals surface area contributed by atoms with Crippen LogP contribution in [0.1, 0.15) is 40.7 Å². The van der Waals surface area contributed by atoms with Crippen molar-refractivity contribution in [2.24, 2.45) is 0 Å². The molecule has 2 rings (SSSR count). The van der Waals surface area contributed by atoms with Crippen LogP contribution >= 0.6 is 0 Å². The van der Waals surface area contributed by atoms with Crippen LogP contribution in [0, 0.1) is 6.92 Å². The van der Waals surface area contributed by atoms with Gasteiger partial charge in [0.1, 0.15) is 0 Å². The highest BCUT2D eigenvalue weighted by Gasteiger charge is 2.26. The van der Waals surface area contributed by atoms with Crippen molar-refractivity contribution in [2.75, 3.05) is 7.05 Å². The number of amides is 1. The Bertz CT molecular complexity index is 559. The van der Waals surface area contributed by atoms with Gasteiger partial charge in [-0.15, -0.1) is 0 Å². The number of aryl methyl sites for hydroxylation is 1. The Morgan fingerprint density at radius 1 is 1.35 bits per heavy atom. The number of carbonyl (C=O) groups excluding carboxylic acids is 1. The van der Waals surface area contributed by atoms with E-state index in [1.807, 2.05) is 24.9 Å². The first-order valence-electron chi connectivity index (χ1n) is 6.78. The van der Waals surface area contributed by atoms with E-state index in [4.69, 9.17) is 5.11 Å². The quantitative estimate of drug-likeness (QED) is 0.858. The van der Waals surface area contributed by atoms with E-state index in [2.05, 4.69) is 0 Å². The number of rotatable bonds is 4. The highest BCUT2D eigenvalue weighted by atomic mass is 16.4. The highest BCUT2D eigenvalue weighted by molar-refractivity contribution is 5.95. The summed E-state index contributed by atoms with van der Waals surface area (Å²) >= 11 is 0. The maximum absolute atomic E-state index is 12.3. The third kappa shape index (κ3) is 3.07. The van der Waals surface area contributed by atoms with Crippen LogP contribution in [0.2, 0.25) is 0 Å². The second-order valence-electron chi connectivity index (χ2n) is 5.24. The second-order valence-corrected chi connectivity index (χ2v) is 5.24. The van der Waals surface area contributed by atoms with Crippen molar-refractivity contribution in [1.29, 1.82) is 0 Å². The number of carboxylic acids is 1. The monoisotopic (exact) mass is 273 g/mol. The highest BCUT2D eigenvalue weighted by Crippen LogP contribution is 2.25. The van der Waals surface area contributed by atoms with Gasteiger partial charge in [0.2, 0.25) is 0 Å². The number of hydrogen-bond donors (Lipinski definition) is 1. The van der Waals surface area contributed by atoms with E-state index >= 15 is 0 Å². The topological polar surface area (TPSA) is 57.6 Å². The molecule has 0 heterocycles. The number of aliphatic carboxylic acids is 1. The van der Waals surface area contributed by atoms with Crippen molar-refractivity contribution >= 4 is 18.0 Å². The maximum atomic E-state index is 12.3. The van der Waals surface area contributed by atoms with Gasteiger partial charge in [-0.3, -0.25) is 4.79 Å². The first-order valence-corrected chi connectivity index (χ1v) is 6.78. The molecule has 0 atom stereocenters. The molecule has 20 heavy (non-hydrogen) atoms. The summed E-state index contributed by atoms with van der Waals surface area (Å²) in [4.78, 5) is 24.6. The Hall–Kier alpha value is -2.10. The van der Waals surface area contributed by atoms with Crippen LogP contribution in [0.4, 0.5) is 0 Å². The second kappa shape index (κ2) is 5.90. The van der Waals surface area contributed by atoms with Crippen LogP contribution in [-0.2, 0) is 4.79 Å². The molecule has 0 aliphatic heterocycles. The van der Waals surface area contributed by atoms with E-state index in [1.54, 1.807) is 18.2 Å². The van der Waals surface area contributed by atoms with Crippen molar-refractivity contribution < 1.29 is 14.7 Å². The Morgan fingerprint density at radius 2 is 2.05 bits per heavy atom. The minimum absolute atomic E-state index is 0.0339. The summed E-state index contributed by atoms with van der Waals surface area (Å²) in [6, 6.07) is 5.73. The van der Waals surface area contributed by atoms with Gasteiger partial charge in [-0.25, -0.2) is 4.79 Å². The Kier molecular flexibility index (Phi) is 4.23. The minimum atomic E-state index is -0.978. The number of nitrogens with zero attached hydrogens (tertiary/aromatic N) is 1. The summed E-state index contributed by atoms with van der Waals surface area (Å²) in [7, 11) is 1.85. The largest absolute Gasteiger partial charge is 0.478 e. The van der Waals surface area contributed by atoms with Crippen LogP contribution in [0.3, 0.4) is 0 Å². The molecular formula is C16H19NO3. The van der Waals surface area contributed by atoms with Gasteiger partial charge in [-0.05, 0) is 55.5 Å². The third-order valence-corrected chi connectivity index (χ3v) is 3.86. The fourth-order valence-electron chi connectivity index (χ4n) is 2.30.